The first-order valence-electron chi connectivity index (χ1n) is 9.80. The Balaban J connectivity index is 1.41. The third kappa shape index (κ3) is 5.08. The van der Waals surface area contributed by atoms with Gasteiger partial charge in [0.25, 0.3) is 5.91 Å². The van der Waals surface area contributed by atoms with Crippen molar-refractivity contribution < 1.29 is 4.79 Å². The minimum atomic E-state index is -0.198. The van der Waals surface area contributed by atoms with Crippen LogP contribution < -0.4 is 10.6 Å². The summed E-state index contributed by atoms with van der Waals surface area (Å²) in [7, 11) is 0. The van der Waals surface area contributed by atoms with Crippen LogP contribution in [-0.2, 0) is 13.0 Å². The van der Waals surface area contributed by atoms with Crippen molar-refractivity contribution >= 4 is 17.4 Å². The van der Waals surface area contributed by atoms with Gasteiger partial charge in [0.05, 0.1) is 5.56 Å². The van der Waals surface area contributed by atoms with Gasteiger partial charge in [0.1, 0.15) is 5.82 Å². The molecule has 0 aliphatic carbocycles. The summed E-state index contributed by atoms with van der Waals surface area (Å²) >= 11 is 0. The van der Waals surface area contributed by atoms with E-state index in [0.717, 1.165) is 17.7 Å². The molecule has 2 heterocycles. The van der Waals surface area contributed by atoms with E-state index in [1.807, 2.05) is 54.6 Å². The van der Waals surface area contributed by atoms with E-state index in [9.17, 15) is 4.79 Å². The Morgan fingerprint density at radius 2 is 1.47 bits per heavy atom. The molecule has 0 radical (unpaired) electrons. The first kappa shape index (κ1) is 19.3. The van der Waals surface area contributed by atoms with Crippen LogP contribution in [0.1, 0.15) is 27.0 Å². The van der Waals surface area contributed by atoms with Gasteiger partial charge >= 0.3 is 0 Å². The van der Waals surface area contributed by atoms with E-state index in [1.165, 1.54) is 11.1 Å². The average molecular weight is 394 g/mol. The van der Waals surface area contributed by atoms with Gasteiger partial charge in [-0.15, -0.1) is 0 Å². The molecule has 4 rings (SSSR count). The summed E-state index contributed by atoms with van der Waals surface area (Å²) in [5.74, 6) is 0.351. The van der Waals surface area contributed by atoms with Crippen LogP contribution in [0.25, 0.3) is 0 Å². The van der Waals surface area contributed by atoms with Gasteiger partial charge in [-0.3, -0.25) is 9.78 Å². The molecule has 1 amide bonds. The van der Waals surface area contributed by atoms with Crippen LogP contribution in [0.2, 0.25) is 0 Å². The van der Waals surface area contributed by atoms with E-state index in [0.29, 0.717) is 17.9 Å². The van der Waals surface area contributed by atoms with Crippen molar-refractivity contribution in [3.63, 3.8) is 0 Å². The van der Waals surface area contributed by atoms with E-state index in [1.54, 1.807) is 30.7 Å². The second-order valence-corrected chi connectivity index (χ2v) is 6.92. The minimum Gasteiger partial charge on any atom is -0.365 e. The lowest BCUT2D eigenvalue weighted by atomic mass is 10.0. The highest BCUT2D eigenvalue weighted by Gasteiger charge is 2.12. The molecule has 2 aromatic heterocycles. The first-order valence-corrected chi connectivity index (χ1v) is 9.80. The Morgan fingerprint density at radius 1 is 0.733 bits per heavy atom. The molecule has 0 fully saturated rings. The van der Waals surface area contributed by atoms with Crippen molar-refractivity contribution in [2.75, 3.05) is 10.6 Å². The number of amides is 1. The highest BCUT2D eigenvalue weighted by molar-refractivity contribution is 6.07. The molecule has 148 valence electrons. The lowest BCUT2D eigenvalue weighted by Gasteiger charge is -2.12. The van der Waals surface area contributed by atoms with Crippen LogP contribution in [0.4, 0.5) is 11.5 Å². The predicted molar refractivity (Wildman–Crippen MR) is 119 cm³/mol. The molecule has 2 aromatic carbocycles. The molecule has 0 atom stereocenters. The van der Waals surface area contributed by atoms with Crippen LogP contribution in [0, 0.1) is 0 Å². The summed E-state index contributed by atoms with van der Waals surface area (Å²) in [6.45, 7) is 0.563. The molecule has 0 aliphatic heterocycles. The van der Waals surface area contributed by atoms with E-state index in [2.05, 4.69) is 32.7 Å². The Morgan fingerprint density at radius 3 is 2.23 bits per heavy atom. The van der Waals surface area contributed by atoms with Gasteiger partial charge in [-0.1, -0.05) is 42.5 Å². The summed E-state index contributed by atoms with van der Waals surface area (Å²) in [5, 5.41) is 6.19. The SMILES string of the molecule is O=C(Nc1ccc(Cc2ccccc2)cc1)c1cccnc1NCc1ccncc1. The van der Waals surface area contributed by atoms with E-state index < -0.39 is 0 Å². The van der Waals surface area contributed by atoms with Crippen LogP contribution >= 0.6 is 0 Å². The Labute approximate surface area is 175 Å². The van der Waals surface area contributed by atoms with Gasteiger partial charge < -0.3 is 10.6 Å². The van der Waals surface area contributed by atoms with Crippen molar-refractivity contribution in [3.8, 4) is 0 Å². The highest BCUT2D eigenvalue weighted by Crippen LogP contribution is 2.17. The summed E-state index contributed by atoms with van der Waals surface area (Å²) in [6.07, 6.45) is 6.01. The zero-order valence-electron chi connectivity index (χ0n) is 16.5. The number of anilines is 2. The molecular formula is C25H22N4O. The molecule has 0 aliphatic rings. The number of benzene rings is 2. The molecule has 0 saturated heterocycles. The topological polar surface area (TPSA) is 66.9 Å². The fourth-order valence-corrected chi connectivity index (χ4v) is 3.15. The number of carbonyl (C=O) groups excluding carboxylic acids is 1. The van der Waals surface area contributed by atoms with Crippen molar-refractivity contribution in [1.29, 1.82) is 0 Å². The Kier molecular flexibility index (Phi) is 6.11. The quantitative estimate of drug-likeness (QED) is 0.466. The van der Waals surface area contributed by atoms with Crippen LogP contribution in [0.5, 0.6) is 0 Å². The predicted octanol–water partition coefficient (Wildman–Crippen LogP) is 4.93. The monoisotopic (exact) mass is 394 g/mol. The minimum absolute atomic E-state index is 0.198. The molecule has 0 bridgehead atoms. The lowest BCUT2D eigenvalue weighted by molar-refractivity contribution is 0.102. The molecule has 0 spiro atoms. The summed E-state index contributed by atoms with van der Waals surface area (Å²) < 4.78 is 0. The normalized spacial score (nSPS) is 10.4. The smallest absolute Gasteiger partial charge is 0.259 e. The first-order chi connectivity index (χ1) is 14.8. The average Bonchev–Trinajstić information content (AvgIpc) is 2.80. The third-order valence-electron chi connectivity index (χ3n) is 4.72. The molecule has 4 aromatic rings. The van der Waals surface area contributed by atoms with Crippen molar-refractivity contribution in [1.82, 2.24) is 9.97 Å². The second-order valence-electron chi connectivity index (χ2n) is 6.92. The van der Waals surface area contributed by atoms with Crippen molar-refractivity contribution in [3.05, 3.63) is 120 Å². The molecular weight excluding hydrogens is 372 g/mol. The number of pyridine rings is 2. The van der Waals surface area contributed by atoms with Gasteiger partial charge in [0, 0.05) is 30.8 Å². The van der Waals surface area contributed by atoms with Crippen LogP contribution in [-0.4, -0.2) is 15.9 Å². The van der Waals surface area contributed by atoms with Crippen LogP contribution in [0.15, 0.2) is 97.5 Å². The maximum Gasteiger partial charge on any atom is 0.259 e. The number of rotatable bonds is 7. The third-order valence-corrected chi connectivity index (χ3v) is 4.72. The molecule has 5 heteroatoms. The maximum absolute atomic E-state index is 12.8. The van der Waals surface area contributed by atoms with Crippen molar-refractivity contribution in [2.45, 2.75) is 13.0 Å². The summed E-state index contributed by atoms with van der Waals surface area (Å²) in [5.41, 5.74) is 4.77. The highest BCUT2D eigenvalue weighted by atomic mass is 16.1. The van der Waals surface area contributed by atoms with Gasteiger partial charge in [-0.2, -0.15) is 0 Å². The largest absolute Gasteiger partial charge is 0.365 e. The number of hydrogen-bond acceptors (Lipinski definition) is 4. The van der Waals surface area contributed by atoms with Crippen LogP contribution in [0.3, 0.4) is 0 Å². The van der Waals surface area contributed by atoms with Gasteiger partial charge in [0.2, 0.25) is 0 Å². The zero-order chi connectivity index (χ0) is 20.6. The summed E-state index contributed by atoms with van der Waals surface area (Å²) in [6, 6.07) is 25.6. The zero-order valence-corrected chi connectivity index (χ0v) is 16.5. The van der Waals surface area contributed by atoms with E-state index in [-0.39, 0.29) is 5.91 Å². The maximum atomic E-state index is 12.8. The number of carbonyl (C=O) groups is 1. The number of nitrogens with one attached hydrogen (secondary N) is 2. The number of aromatic nitrogens is 2. The van der Waals surface area contributed by atoms with Gasteiger partial charge in [0.15, 0.2) is 0 Å². The lowest BCUT2D eigenvalue weighted by Crippen LogP contribution is -2.15. The fraction of sp³-hybridized carbons (Fsp3) is 0.0800. The molecule has 0 unspecified atom stereocenters. The van der Waals surface area contributed by atoms with Gasteiger partial charge in [-0.25, -0.2) is 4.98 Å². The Hall–Kier alpha value is -3.99. The van der Waals surface area contributed by atoms with Crippen molar-refractivity contribution in [2.24, 2.45) is 0 Å². The Bertz CT molecular complexity index is 1100. The molecule has 2 N–H and O–H groups in total. The molecule has 30 heavy (non-hydrogen) atoms. The summed E-state index contributed by atoms with van der Waals surface area (Å²) in [4.78, 5) is 21.2. The standard InChI is InChI=1S/C25H22N4O/c30-25(23-7-4-14-27-24(23)28-18-21-12-15-26-16-13-21)29-22-10-8-20(9-11-22)17-19-5-2-1-3-6-19/h1-16H,17-18H2,(H,27,28)(H,29,30). The number of hydrogen-bond donors (Lipinski definition) is 2. The fourth-order valence-electron chi connectivity index (χ4n) is 3.15. The number of nitrogens with zero attached hydrogens (tertiary/aromatic N) is 2. The molecule has 5 nitrogen and oxygen atoms in total. The van der Waals surface area contributed by atoms with E-state index in [4.69, 9.17) is 0 Å². The second kappa shape index (κ2) is 9.47. The molecule has 0 saturated carbocycles. The van der Waals surface area contributed by atoms with E-state index >= 15 is 0 Å². The van der Waals surface area contributed by atoms with Gasteiger partial charge in [-0.05, 0) is 59.5 Å².